The van der Waals surface area contributed by atoms with E-state index in [1.165, 1.54) is 0 Å². The average molecular weight is 264 g/mol. The molecule has 2 aromatic rings. The highest BCUT2D eigenvalue weighted by Gasteiger charge is 2.02. The number of aromatic nitrogens is 2. The fraction of sp³-hybridized carbons (Fsp3) is 0.231. The van der Waals surface area contributed by atoms with Gasteiger partial charge in [-0.1, -0.05) is 11.6 Å². The Labute approximate surface area is 111 Å². The number of hydrogen-bond donors (Lipinski definition) is 1. The molecule has 0 fully saturated rings. The van der Waals surface area contributed by atoms with Crippen molar-refractivity contribution in [2.24, 2.45) is 0 Å². The van der Waals surface area contributed by atoms with Gasteiger partial charge in [-0.15, -0.1) is 0 Å². The van der Waals surface area contributed by atoms with E-state index in [1.54, 1.807) is 25.5 Å². The van der Waals surface area contributed by atoms with Gasteiger partial charge in [0.25, 0.3) is 0 Å². The molecule has 2 rings (SSSR count). The molecule has 18 heavy (non-hydrogen) atoms. The van der Waals surface area contributed by atoms with Gasteiger partial charge in [-0.3, -0.25) is 4.98 Å². The van der Waals surface area contributed by atoms with Gasteiger partial charge in [0.15, 0.2) is 0 Å². The van der Waals surface area contributed by atoms with E-state index in [9.17, 15) is 0 Å². The van der Waals surface area contributed by atoms with Crippen molar-refractivity contribution < 1.29 is 4.74 Å². The molecule has 0 saturated carbocycles. The first kappa shape index (κ1) is 12.6. The lowest BCUT2D eigenvalue weighted by molar-refractivity contribution is 0.299. The SMILES string of the molecule is CNc1cnc(COc2ccc(Cl)cc2C)cn1. The smallest absolute Gasteiger partial charge is 0.144 e. The Balaban J connectivity index is 2.02. The predicted octanol–water partition coefficient (Wildman–Crippen LogP) is 3.06. The molecule has 5 heteroatoms. The number of aryl methyl sites for hydroxylation is 1. The van der Waals surface area contributed by atoms with Gasteiger partial charge in [-0.2, -0.15) is 0 Å². The molecule has 1 heterocycles. The first-order valence-electron chi connectivity index (χ1n) is 5.56. The summed E-state index contributed by atoms with van der Waals surface area (Å²) in [4.78, 5) is 8.41. The molecule has 0 aliphatic rings. The van der Waals surface area contributed by atoms with E-state index in [1.807, 2.05) is 19.1 Å². The highest BCUT2D eigenvalue weighted by Crippen LogP contribution is 2.22. The molecule has 0 unspecified atom stereocenters. The Morgan fingerprint density at radius 1 is 1.28 bits per heavy atom. The highest BCUT2D eigenvalue weighted by molar-refractivity contribution is 6.30. The number of ether oxygens (including phenoxy) is 1. The summed E-state index contributed by atoms with van der Waals surface area (Å²) in [6.45, 7) is 2.34. The Morgan fingerprint density at radius 2 is 2.11 bits per heavy atom. The number of benzene rings is 1. The third-order valence-electron chi connectivity index (χ3n) is 2.47. The van der Waals surface area contributed by atoms with Gasteiger partial charge in [0.2, 0.25) is 0 Å². The van der Waals surface area contributed by atoms with E-state index in [-0.39, 0.29) is 0 Å². The first-order chi connectivity index (χ1) is 8.69. The summed E-state index contributed by atoms with van der Waals surface area (Å²) in [5, 5.41) is 3.62. The molecule has 0 amide bonds. The van der Waals surface area contributed by atoms with Crippen LogP contribution in [0.4, 0.5) is 5.82 Å². The van der Waals surface area contributed by atoms with Crippen LogP contribution in [-0.2, 0) is 6.61 Å². The van der Waals surface area contributed by atoms with Gasteiger partial charge >= 0.3 is 0 Å². The van der Waals surface area contributed by atoms with Crippen LogP contribution in [0.15, 0.2) is 30.6 Å². The Morgan fingerprint density at radius 3 is 2.72 bits per heavy atom. The maximum absolute atomic E-state index is 5.88. The minimum Gasteiger partial charge on any atom is -0.487 e. The van der Waals surface area contributed by atoms with Crippen molar-refractivity contribution in [1.29, 1.82) is 0 Å². The summed E-state index contributed by atoms with van der Waals surface area (Å²) in [5.41, 5.74) is 1.78. The summed E-state index contributed by atoms with van der Waals surface area (Å²) in [6.07, 6.45) is 3.37. The summed E-state index contributed by atoms with van der Waals surface area (Å²) in [6, 6.07) is 5.53. The summed E-state index contributed by atoms with van der Waals surface area (Å²) >= 11 is 5.88. The number of hydrogen-bond acceptors (Lipinski definition) is 4. The van der Waals surface area contributed by atoms with Gasteiger partial charge in [0.1, 0.15) is 18.2 Å². The van der Waals surface area contributed by atoms with Crippen molar-refractivity contribution in [1.82, 2.24) is 9.97 Å². The van der Waals surface area contributed by atoms with Crippen molar-refractivity contribution in [2.75, 3.05) is 12.4 Å². The fourth-order valence-electron chi connectivity index (χ4n) is 1.48. The molecule has 0 aliphatic carbocycles. The van der Waals surface area contributed by atoms with E-state index in [0.29, 0.717) is 11.6 Å². The van der Waals surface area contributed by atoms with Gasteiger partial charge in [0.05, 0.1) is 18.1 Å². The van der Waals surface area contributed by atoms with Crippen LogP contribution < -0.4 is 10.1 Å². The second-order valence-corrected chi connectivity index (χ2v) is 4.28. The third-order valence-corrected chi connectivity index (χ3v) is 2.71. The van der Waals surface area contributed by atoms with Crippen molar-refractivity contribution >= 4 is 17.4 Å². The summed E-state index contributed by atoms with van der Waals surface area (Å²) < 4.78 is 5.67. The van der Waals surface area contributed by atoms with Crippen molar-refractivity contribution in [3.63, 3.8) is 0 Å². The molecule has 94 valence electrons. The van der Waals surface area contributed by atoms with E-state index < -0.39 is 0 Å². The zero-order valence-electron chi connectivity index (χ0n) is 10.3. The zero-order chi connectivity index (χ0) is 13.0. The molecule has 1 N–H and O–H groups in total. The van der Waals surface area contributed by atoms with Gasteiger partial charge < -0.3 is 10.1 Å². The van der Waals surface area contributed by atoms with Gasteiger partial charge in [-0.05, 0) is 30.7 Å². The normalized spacial score (nSPS) is 10.2. The quantitative estimate of drug-likeness (QED) is 0.921. The molecule has 1 aromatic heterocycles. The van der Waals surface area contributed by atoms with Crippen molar-refractivity contribution in [2.45, 2.75) is 13.5 Å². The Kier molecular flexibility index (Phi) is 3.99. The monoisotopic (exact) mass is 263 g/mol. The minimum absolute atomic E-state index is 0.388. The minimum atomic E-state index is 0.388. The van der Waals surface area contributed by atoms with E-state index in [0.717, 1.165) is 22.8 Å². The Bertz CT molecular complexity index is 528. The second-order valence-electron chi connectivity index (χ2n) is 3.84. The topological polar surface area (TPSA) is 47.0 Å². The van der Waals surface area contributed by atoms with Crippen LogP contribution in [0.1, 0.15) is 11.3 Å². The molecule has 0 bridgehead atoms. The van der Waals surface area contributed by atoms with Crippen LogP contribution in [-0.4, -0.2) is 17.0 Å². The van der Waals surface area contributed by atoms with Gasteiger partial charge in [-0.25, -0.2) is 4.98 Å². The Hall–Kier alpha value is -1.81. The predicted molar refractivity (Wildman–Crippen MR) is 72.1 cm³/mol. The maximum Gasteiger partial charge on any atom is 0.144 e. The molecule has 0 saturated heterocycles. The zero-order valence-corrected chi connectivity index (χ0v) is 11.0. The number of nitrogens with one attached hydrogen (secondary N) is 1. The lowest BCUT2D eigenvalue weighted by Crippen LogP contribution is -2.01. The number of halogens is 1. The van der Waals surface area contributed by atoms with Crippen LogP contribution in [0.3, 0.4) is 0 Å². The highest BCUT2D eigenvalue weighted by atomic mass is 35.5. The van der Waals surface area contributed by atoms with Crippen molar-refractivity contribution in [3.8, 4) is 5.75 Å². The standard InChI is InChI=1S/C13H14ClN3O/c1-9-5-10(14)3-4-12(9)18-8-11-6-17-13(15-2)7-16-11/h3-7H,8H2,1-2H3,(H,15,17). The number of nitrogens with zero attached hydrogens (tertiary/aromatic N) is 2. The lowest BCUT2D eigenvalue weighted by Gasteiger charge is -2.09. The largest absolute Gasteiger partial charge is 0.487 e. The van der Waals surface area contributed by atoms with Crippen LogP contribution in [0.25, 0.3) is 0 Å². The molecule has 0 radical (unpaired) electrons. The molecular formula is C13H14ClN3O. The number of rotatable bonds is 4. The van der Waals surface area contributed by atoms with E-state index in [4.69, 9.17) is 16.3 Å². The number of anilines is 1. The first-order valence-corrected chi connectivity index (χ1v) is 5.94. The molecule has 1 aromatic carbocycles. The molecule has 0 atom stereocenters. The van der Waals surface area contributed by atoms with Crippen LogP contribution in [0.2, 0.25) is 5.02 Å². The summed E-state index contributed by atoms with van der Waals surface area (Å²) in [5.74, 6) is 1.54. The van der Waals surface area contributed by atoms with Crippen molar-refractivity contribution in [3.05, 3.63) is 46.9 Å². The van der Waals surface area contributed by atoms with Gasteiger partial charge in [0, 0.05) is 12.1 Å². The van der Waals surface area contributed by atoms with E-state index in [2.05, 4.69) is 15.3 Å². The van der Waals surface area contributed by atoms with Crippen LogP contribution in [0.5, 0.6) is 5.75 Å². The molecule has 4 nitrogen and oxygen atoms in total. The molecule has 0 spiro atoms. The second kappa shape index (κ2) is 5.69. The fourth-order valence-corrected chi connectivity index (χ4v) is 1.71. The molecule has 0 aliphatic heterocycles. The summed E-state index contributed by atoms with van der Waals surface area (Å²) in [7, 11) is 1.80. The third kappa shape index (κ3) is 3.11. The average Bonchev–Trinajstić information content (AvgIpc) is 2.38. The lowest BCUT2D eigenvalue weighted by atomic mass is 10.2. The van der Waals surface area contributed by atoms with Crippen LogP contribution in [0, 0.1) is 6.92 Å². The van der Waals surface area contributed by atoms with Crippen LogP contribution >= 0.6 is 11.6 Å². The molecular weight excluding hydrogens is 250 g/mol. The maximum atomic E-state index is 5.88. The van der Waals surface area contributed by atoms with E-state index >= 15 is 0 Å².